The number of nitrogens with one attached hydrogen (secondary N) is 1. The fourth-order valence-corrected chi connectivity index (χ4v) is 3.01. The summed E-state index contributed by atoms with van der Waals surface area (Å²) in [7, 11) is 0. The Morgan fingerprint density at radius 3 is 2.10 bits per heavy atom. The number of carbonyl (C=O) groups is 1. The first-order chi connectivity index (χ1) is 14.0. The van der Waals surface area contributed by atoms with Crippen molar-refractivity contribution in [3.63, 3.8) is 0 Å². The van der Waals surface area contributed by atoms with Gasteiger partial charge in [-0.3, -0.25) is 0 Å². The number of benzene rings is 2. The molecule has 3 rings (SSSR count). The maximum absolute atomic E-state index is 11.9. The van der Waals surface area contributed by atoms with E-state index in [1.807, 2.05) is 60.7 Å². The summed E-state index contributed by atoms with van der Waals surface area (Å²) in [6.45, 7) is 0.125. The lowest BCUT2D eigenvalue weighted by Crippen LogP contribution is -2.60. The molecule has 0 saturated carbocycles. The van der Waals surface area contributed by atoms with Crippen molar-refractivity contribution in [2.75, 3.05) is 6.54 Å². The number of aliphatic hydroxyl groups excluding tert-OH is 3. The van der Waals surface area contributed by atoms with Gasteiger partial charge in [0.1, 0.15) is 31.0 Å². The molecule has 8 nitrogen and oxygen atoms in total. The third-order valence-corrected chi connectivity index (χ3v) is 4.61. The van der Waals surface area contributed by atoms with E-state index in [4.69, 9.17) is 14.2 Å². The molecule has 1 saturated heterocycles. The van der Waals surface area contributed by atoms with Crippen molar-refractivity contribution >= 4 is 6.09 Å². The van der Waals surface area contributed by atoms with Crippen LogP contribution in [0.15, 0.2) is 60.7 Å². The molecule has 156 valence electrons. The number of ether oxygens (including phenoxy) is 3. The average Bonchev–Trinajstić information content (AvgIpc) is 2.75. The first-order valence-electron chi connectivity index (χ1n) is 9.34. The third kappa shape index (κ3) is 5.99. The summed E-state index contributed by atoms with van der Waals surface area (Å²) in [6.07, 6.45) is -6.97. The highest BCUT2D eigenvalue weighted by molar-refractivity contribution is 5.67. The van der Waals surface area contributed by atoms with Crippen LogP contribution < -0.4 is 5.32 Å². The minimum atomic E-state index is -1.55. The number of hydrogen-bond donors (Lipinski definition) is 4. The van der Waals surface area contributed by atoms with Gasteiger partial charge in [-0.25, -0.2) is 4.79 Å². The van der Waals surface area contributed by atoms with Gasteiger partial charge < -0.3 is 34.8 Å². The molecule has 1 heterocycles. The molecule has 1 aliphatic heterocycles. The first-order valence-corrected chi connectivity index (χ1v) is 9.34. The van der Waals surface area contributed by atoms with Gasteiger partial charge in [-0.05, 0) is 11.1 Å². The smallest absolute Gasteiger partial charge is 0.407 e. The van der Waals surface area contributed by atoms with Crippen molar-refractivity contribution in [1.29, 1.82) is 0 Å². The van der Waals surface area contributed by atoms with E-state index < -0.39 is 36.8 Å². The van der Waals surface area contributed by atoms with Gasteiger partial charge in [0.2, 0.25) is 0 Å². The highest BCUT2D eigenvalue weighted by atomic mass is 16.6. The summed E-state index contributed by atoms with van der Waals surface area (Å²) in [5.41, 5.74) is 1.69. The molecule has 1 amide bonds. The van der Waals surface area contributed by atoms with Gasteiger partial charge in [0.15, 0.2) is 6.29 Å². The van der Waals surface area contributed by atoms with Gasteiger partial charge in [0, 0.05) is 6.54 Å². The third-order valence-electron chi connectivity index (χ3n) is 4.61. The number of alkyl carbamates (subject to hydrolysis) is 1. The van der Waals surface area contributed by atoms with Crippen LogP contribution in [0.4, 0.5) is 4.79 Å². The normalized spacial score (nSPS) is 26.7. The predicted octanol–water partition coefficient (Wildman–Crippen LogP) is 0.937. The van der Waals surface area contributed by atoms with Gasteiger partial charge in [-0.15, -0.1) is 0 Å². The highest BCUT2D eigenvalue weighted by Gasteiger charge is 2.44. The Balaban J connectivity index is 1.50. The molecule has 1 aliphatic rings. The van der Waals surface area contributed by atoms with Gasteiger partial charge in [0.25, 0.3) is 0 Å². The maximum Gasteiger partial charge on any atom is 0.407 e. The maximum atomic E-state index is 11.9. The highest BCUT2D eigenvalue weighted by Crippen LogP contribution is 2.23. The topological polar surface area (TPSA) is 117 Å². The average molecular weight is 403 g/mol. The molecular formula is C21H25NO7. The van der Waals surface area contributed by atoms with Crippen LogP contribution in [0.25, 0.3) is 0 Å². The molecule has 0 bridgehead atoms. The van der Waals surface area contributed by atoms with Gasteiger partial charge in [-0.2, -0.15) is 0 Å². The van der Waals surface area contributed by atoms with Crippen molar-refractivity contribution in [3.05, 3.63) is 71.8 Å². The quantitative estimate of drug-likeness (QED) is 0.543. The molecule has 1 unspecified atom stereocenters. The van der Waals surface area contributed by atoms with Crippen LogP contribution >= 0.6 is 0 Å². The number of amides is 1. The number of carbonyl (C=O) groups excluding carboxylic acids is 1. The van der Waals surface area contributed by atoms with Crippen LogP contribution in [0.3, 0.4) is 0 Å². The molecule has 2 aromatic rings. The lowest BCUT2D eigenvalue weighted by molar-refractivity contribution is -0.290. The van der Waals surface area contributed by atoms with Crippen LogP contribution in [0.5, 0.6) is 0 Å². The van der Waals surface area contributed by atoms with Crippen LogP contribution in [-0.2, 0) is 27.4 Å². The van der Waals surface area contributed by atoms with Gasteiger partial charge in [0.05, 0.1) is 6.61 Å². The monoisotopic (exact) mass is 403 g/mol. The summed E-state index contributed by atoms with van der Waals surface area (Å²) >= 11 is 0. The second kappa shape index (κ2) is 10.3. The molecule has 2 aromatic carbocycles. The Morgan fingerprint density at radius 1 is 0.897 bits per heavy atom. The van der Waals surface area contributed by atoms with Crippen LogP contribution in [0.2, 0.25) is 0 Å². The van der Waals surface area contributed by atoms with Crippen molar-refractivity contribution in [3.8, 4) is 0 Å². The number of hydrogen-bond acceptors (Lipinski definition) is 7. The lowest BCUT2D eigenvalue weighted by atomic mass is 9.98. The summed E-state index contributed by atoms with van der Waals surface area (Å²) in [6, 6.07) is 18.4. The van der Waals surface area contributed by atoms with Crippen LogP contribution in [0, 0.1) is 0 Å². The van der Waals surface area contributed by atoms with E-state index in [1.54, 1.807) is 0 Å². The lowest BCUT2D eigenvalue weighted by Gasteiger charge is -2.40. The summed E-state index contributed by atoms with van der Waals surface area (Å²) in [4.78, 5) is 11.9. The molecule has 1 fully saturated rings. The second-order valence-corrected chi connectivity index (χ2v) is 6.75. The fourth-order valence-electron chi connectivity index (χ4n) is 3.01. The van der Waals surface area contributed by atoms with Crippen molar-refractivity contribution in [2.45, 2.75) is 43.9 Å². The Hall–Kier alpha value is -2.49. The number of rotatable bonds is 7. The zero-order chi connectivity index (χ0) is 20.6. The largest absolute Gasteiger partial charge is 0.445 e. The summed E-state index contributed by atoms with van der Waals surface area (Å²) in [5.74, 6) is 0. The molecule has 0 aliphatic carbocycles. The Morgan fingerprint density at radius 2 is 1.48 bits per heavy atom. The number of aliphatic hydroxyl groups is 3. The minimum absolute atomic E-state index is 0.102. The molecule has 29 heavy (non-hydrogen) atoms. The van der Waals surface area contributed by atoms with Gasteiger partial charge >= 0.3 is 6.09 Å². The minimum Gasteiger partial charge on any atom is -0.445 e. The van der Waals surface area contributed by atoms with Gasteiger partial charge in [-0.1, -0.05) is 60.7 Å². The van der Waals surface area contributed by atoms with E-state index in [0.717, 1.165) is 11.1 Å². The summed E-state index contributed by atoms with van der Waals surface area (Å²) < 4.78 is 15.9. The molecule has 0 radical (unpaired) electrons. The van der Waals surface area contributed by atoms with E-state index in [-0.39, 0.29) is 19.8 Å². The Kier molecular flexibility index (Phi) is 7.56. The van der Waals surface area contributed by atoms with Crippen LogP contribution in [0.1, 0.15) is 11.1 Å². The van der Waals surface area contributed by atoms with E-state index >= 15 is 0 Å². The Bertz CT molecular complexity index is 758. The van der Waals surface area contributed by atoms with Crippen LogP contribution in [-0.4, -0.2) is 58.7 Å². The molecule has 0 aromatic heterocycles. The van der Waals surface area contributed by atoms with Crippen molar-refractivity contribution < 1.29 is 34.3 Å². The van der Waals surface area contributed by atoms with E-state index in [2.05, 4.69) is 5.32 Å². The van der Waals surface area contributed by atoms with Crippen molar-refractivity contribution in [1.82, 2.24) is 5.32 Å². The molecule has 0 spiro atoms. The SMILES string of the molecule is O=C(NCC1O[C@@H](O)[C@@H](O)[C@@H](OCc2ccccc2)[C@@H]1O)OCc1ccccc1. The van der Waals surface area contributed by atoms with E-state index in [9.17, 15) is 20.1 Å². The summed E-state index contributed by atoms with van der Waals surface area (Å²) in [5, 5.41) is 33.1. The van der Waals surface area contributed by atoms with E-state index in [1.165, 1.54) is 0 Å². The zero-order valence-corrected chi connectivity index (χ0v) is 15.8. The fraction of sp³-hybridized carbons (Fsp3) is 0.381. The molecule has 8 heteroatoms. The first kappa shape index (κ1) is 21.2. The Labute approximate surface area is 168 Å². The van der Waals surface area contributed by atoms with Crippen molar-refractivity contribution in [2.24, 2.45) is 0 Å². The van der Waals surface area contributed by atoms with E-state index in [0.29, 0.717) is 0 Å². The zero-order valence-electron chi connectivity index (χ0n) is 15.8. The predicted molar refractivity (Wildman–Crippen MR) is 103 cm³/mol. The molecule has 4 N–H and O–H groups in total. The standard InChI is InChI=1S/C21H25NO7/c23-17-16(11-22-21(26)28-13-15-9-5-2-6-10-15)29-20(25)18(24)19(17)27-12-14-7-3-1-4-8-14/h1-10,16-20,23-25H,11-13H2,(H,22,26)/t16?,17-,18+,19+,20-/m1/s1. The molecular weight excluding hydrogens is 378 g/mol. The second-order valence-electron chi connectivity index (χ2n) is 6.75. The molecule has 5 atom stereocenters.